The zero-order chi connectivity index (χ0) is 20.2. The van der Waals surface area contributed by atoms with E-state index in [-0.39, 0.29) is 35.3 Å². The van der Waals surface area contributed by atoms with Gasteiger partial charge in [0.2, 0.25) is 5.91 Å². The first-order chi connectivity index (χ1) is 12.6. The van der Waals surface area contributed by atoms with Gasteiger partial charge in [0, 0.05) is 24.5 Å². The van der Waals surface area contributed by atoms with Crippen LogP contribution in [0, 0.1) is 0 Å². The number of carbonyl (C=O) groups is 3. The van der Waals surface area contributed by atoms with Gasteiger partial charge < -0.3 is 21.7 Å². The molecule has 0 aromatic carbocycles. The summed E-state index contributed by atoms with van der Waals surface area (Å²) >= 11 is 0.777. The van der Waals surface area contributed by atoms with Crippen molar-refractivity contribution >= 4 is 34.9 Å². The van der Waals surface area contributed by atoms with Crippen LogP contribution < -0.4 is 16.8 Å². The smallest absolute Gasteiger partial charge is 0.270 e. The molecule has 0 aliphatic heterocycles. The van der Waals surface area contributed by atoms with E-state index < -0.39 is 17.4 Å². The van der Waals surface area contributed by atoms with Crippen molar-refractivity contribution in [3.8, 4) is 0 Å². The molecule has 3 amide bonds. The number of nitrogens with zero attached hydrogens (tertiary/aromatic N) is 3. The van der Waals surface area contributed by atoms with E-state index >= 15 is 0 Å². The Balaban J connectivity index is 2.29. The van der Waals surface area contributed by atoms with Gasteiger partial charge in [-0.05, 0) is 43.9 Å². The minimum absolute atomic E-state index is 0.0660. The maximum Gasteiger partial charge on any atom is 0.270 e. The number of aromatic nitrogens is 2. The first-order valence-electron chi connectivity index (χ1n) is 8.12. The number of rotatable bonds is 6. The van der Waals surface area contributed by atoms with Crippen molar-refractivity contribution in [2.45, 2.75) is 32.9 Å². The van der Waals surface area contributed by atoms with Crippen LogP contribution >= 0.6 is 11.5 Å². The molecule has 0 bridgehead atoms. The number of pyridine rings is 1. The summed E-state index contributed by atoms with van der Waals surface area (Å²) in [6.45, 7) is 5.50. The standard InChI is InChI=1S/C17H22N6O3S/c1-17(2,3)21-11(24)9-23(8-10-5-4-6-20-7-10)16(26)14-12(18)13(15(19)25)22-27-14/h4-7H,8-9,18H2,1-3H3,(H2,19,25)(H,21,24). The molecule has 144 valence electrons. The molecule has 9 nitrogen and oxygen atoms in total. The highest BCUT2D eigenvalue weighted by Gasteiger charge is 2.27. The Morgan fingerprint density at radius 3 is 2.52 bits per heavy atom. The lowest BCUT2D eigenvalue weighted by Crippen LogP contribution is -2.47. The number of anilines is 1. The van der Waals surface area contributed by atoms with Gasteiger partial charge in [-0.3, -0.25) is 19.4 Å². The van der Waals surface area contributed by atoms with Gasteiger partial charge in [0.05, 0.1) is 5.69 Å². The summed E-state index contributed by atoms with van der Waals surface area (Å²) in [5.74, 6) is -1.64. The van der Waals surface area contributed by atoms with E-state index in [1.807, 2.05) is 20.8 Å². The van der Waals surface area contributed by atoms with Gasteiger partial charge in [0.1, 0.15) is 11.4 Å². The van der Waals surface area contributed by atoms with Gasteiger partial charge in [0.25, 0.3) is 11.8 Å². The second-order valence-corrected chi connectivity index (χ2v) is 7.73. The molecule has 27 heavy (non-hydrogen) atoms. The number of carbonyl (C=O) groups excluding carboxylic acids is 3. The van der Waals surface area contributed by atoms with Gasteiger partial charge in [-0.15, -0.1) is 0 Å². The molecule has 0 unspecified atom stereocenters. The van der Waals surface area contributed by atoms with E-state index in [0.29, 0.717) is 0 Å². The molecular weight excluding hydrogens is 368 g/mol. The molecule has 0 fully saturated rings. The molecule has 10 heteroatoms. The van der Waals surface area contributed by atoms with E-state index in [1.54, 1.807) is 24.5 Å². The Hall–Kier alpha value is -3.01. The average molecular weight is 390 g/mol. The van der Waals surface area contributed by atoms with E-state index in [1.165, 1.54) is 4.90 Å². The predicted octanol–water partition coefficient (Wildman–Crippen LogP) is 0.776. The molecule has 0 aliphatic rings. The number of nitrogen functional groups attached to an aromatic ring is 1. The van der Waals surface area contributed by atoms with Crippen LogP contribution in [0.3, 0.4) is 0 Å². The van der Waals surface area contributed by atoms with Crippen molar-refractivity contribution in [2.24, 2.45) is 5.73 Å². The third-order valence-corrected chi connectivity index (χ3v) is 4.24. The SMILES string of the molecule is CC(C)(C)NC(=O)CN(Cc1cccnc1)C(=O)c1snc(C(N)=O)c1N. The summed E-state index contributed by atoms with van der Waals surface area (Å²) in [4.78, 5) is 42.1. The minimum Gasteiger partial charge on any atom is -0.395 e. The molecular formula is C17H22N6O3S. The van der Waals surface area contributed by atoms with Crippen LogP contribution in [0.5, 0.6) is 0 Å². The number of primary amides is 1. The van der Waals surface area contributed by atoms with Crippen molar-refractivity contribution in [1.29, 1.82) is 0 Å². The van der Waals surface area contributed by atoms with E-state index in [2.05, 4.69) is 14.7 Å². The van der Waals surface area contributed by atoms with Crippen LogP contribution in [-0.4, -0.2) is 44.1 Å². The Morgan fingerprint density at radius 2 is 2.00 bits per heavy atom. The molecule has 0 atom stereocenters. The fourth-order valence-electron chi connectivity index (χ4n) is 2.32. The van der Waals surface area contributed by atoms with Crippen molar-refractivity contribution in [2.75, 3.05) is 12.3 Å². The van der Waals surface area contributed by atoms with E-state index in [4.69, 9.17) is 11.5 Å². The molecule has 2 aromatic rings. The summed E-state index contributed by atoms with van der Waals surface area (Å²) in [5, 5.41) is 2.81. The van der Waals surface area contributed by atoms with Crippen LogP contribution in [0.4, 0.5) is 5.69 Å². The number of nitrogens with two attached hydrogens (primary N) is 2. The van der Waals surface area contributed by atoms with Crippen LogP contribution in [0.25, 0.3) is 0 Å². The number of hydrogen-bond donors (Lipinski definition) is 3. The van der Waals surface area contributed by atoms with Gasteiger partial charge in [-0.2, -0.15) is 4.37 Å². The highest BCUT2D eigenvalue weighted by molar-refractivity contribution is 7.09. The fraction of sp³-hybridized carbons (Fsp3) is 0.353. The zero-order valence-corrected chi connectivity index (χ0v) is 16.2. The zero-order valence-electron chi connectivity index (χ0n) is 15.4. The van der Waals surface area contributed by atoms with E-state index in [0.717, 1.165) is 17.1 Å². The Kier molecular flexibility index (Phi) is 6.11. The monoisotopic (exact) mass is 390 g/mol. The summed E-state index contributed by atoms with van der Waals surface area (Å²) in [6, 6.07) is 3.53. The second-order valence-electron chi connectivity index (χ2n) is 6.96. The predicted molar refractivity (Wildman–Crippen MR) is 102 cm³/mol. The number of hydrogen-bond acceptors (Lipinski definition) is 7. The first kappa shape index (κ1) is 20.3. The fourth-order valence-corrected chi connectivity index (χ4v) is 3.09. The normalized spacial score (nSPS) is 11.1. The Labute approximate surface area is 160 Å². The molecule has 0 radical (unpaired) electrons. The summed E-state index contributed by atoms with van der Waals surface area (Å²) in [6.07, 6.45) is 3.22. The third kappa shape index (κ3) is 5.48. The van der Waals surface area contributed by atoms with Crippen LogP contribution in [-0.2, 0) is 11.3 Å². The lowest BCUT2D eigenvalue weighted by Gasteiger charge is -2.25. The molecule has 2 heterocycles. The largest absolute Gasteiger partial charge is 0.395 e. The lowest BCUT2D eigenvalue weighted by molar-refractivity contribution is -0.123. The quantitative estimate of drug-likeness (QED) is 0.664. The van der Waals surface area contributed by atoms with Crippen molar-refractivity contribution in [1.82, 2.24) is 19.6 Å². The van der Waals surface area contributed by atoms with Gasteiger partial charge in [0.15, 0.2) is 5.69 Å². The minimum atomic E-state index is -0.813. The van der Waals surface area contributed by atoms with Crippen LogP contribution in [0.15, 0.2) is 24.5 Å². The lowest BCUT2D eigenvalue weighted by atomic mass is 10.1. The van der Waals surface area contributed by atoms with Crippen molar-refractivity contribution < 1.29 is 14.4 Å². The van der Waals surface area contributed by atoms with Crippen LogP contribution in [0.1, 0.15) is 46.5 Å². The Morgan fingerprint density at radius 1 is 1.30 bits per heavy atom. The summed E-state index contributed by atoms with van der Waals surface area (Å²) in [7, 11) is 0. The Bertz CT molecular complexity index is 844. The molecule has 2 rings (SSSR count). The van der Waals surface area contributed by atoms with Gasteiger partial charge in [-0.1, -0.05) is 6.07 Å². The van der Waals surface area contributed by atoms with Gasteiger partial charge >= 0.3 is 0 Å². The first-order valence-corrected chi connectivity index (χ1v) is 8.90. The molecule has 0 spiro atoms. The number of nitrogens with one attached hydrogen (secondary N) is 1. The molecule has 2 aromatic heterocycles. The van der Waals surface area contributed by atoms with Crippen LogP contribution in [0.2, 0.25) is 0 Å². The summed E-state index contributed by atoms with van der Waals surface area (Å²) in [5.41, 5.74) is 11.1. The van der Waals surface area contributed by atoms with Crippen molar-refractivity contribution in [3.63, 3.8) is 0 Å². The number of amides is 3. The van der Waals surface area contributed by atoms with Crippen molar-refractivity contribution in [3.05, 3.63) is 40.7 Å². The maximum atomic E-state index is 13.0. The molecule has 5 N–H and O–H groups in total. The average Bonchev–Trinajstić information content (AvgIpc) is 2.94. The third-order valence-electron chi connectivity index (χ3n) is 3.39. The highest BCUT2D eigenvalue weighted by Crippen LogP contribution is 2.24. The molecule has 0 saturated heterocycles. The topological polar surface area (TPSA) is 144 Å². The maximum absolute atomic E-state index is 13.0. The highest BCUT2D eigenvalue weighted by atomic mass is 32.1. The molecule has 0 saturated carbocycles. The molecule has 0 aliphatic carbocycles. The van der Waals surface area contributed by atoms with E-state index in [9.17, 15) is 14.4 Å². The second kappa shape index (κ2) is 8.12. The summed E-state index contributed by atoms with van der Waals surface area (Å²) < 4.78 is 3.85. The van der Waals surface area contributed by atoms with Gasteiger partial charge in [-0.25, -0.2) is 0 Å².